The molecule has 0 aliphatic carbocycles. The van der Waals surface area contributed by atoms with Crippen molar-refractivity contribution in [3.05, 3.63) is 34.6 Å². The molecule has 1 N–H and O–H groups in total. The van der Waals surface area contributed by atoms with Gasteiger partial charge < -0.3 is 5.32 Å². The standard InChI is InChI=1S/C10H12BrN5/c1-2-12-7-10-13-14-15-16(10)9-6-4-3-5-8(9)11/h3-6,12H,2,7H2,1H3. The Kier molecular flexibility index (Phi) is 3.63. The van der Waals surface area contributed by atoms with Crippen LogP contribution in [0.1, 0.15) is 12.7 Å². The Morgan fingerprint density at radius 3 is 2.94 bits per heavy atom. The lowest BCUT2D eigenvalue weighted by Gasteiger charge is -2.06. The van der Waals surface area contributed by atoms with Crippen LogP contribution in [-0.4, -0.2) is 26.8 Å². The molecule has 0 aliphatic rings. The highest BCUT2D eigenvalue weighted by Gasteiger charge is 2.09. The Morgan fingerprint density at radius 1 is 1.38 bits per heavy atom. The first kappa shape index (κ1) is 11.2. The van der Waals surface area contributed by atoms with Gasteiger partial charge in [-0.15, -0.1) is 5.10 Å². The van der Waals surface area contributed by atoms with Crippen molar-refractivity contribution in [1.82, 2.24) is 25.5 Å². The molecule has 84 valence electrons. The zero-order valence-corrected chi connectivity index (χ0v) is 10.5. The summed E-state index contributed by atoms with van der Waals surface area (Å²) >= 11 is 3.48. The normalized spacial score (nSPS) is 10.6. The molecule has 0 aliphatic heterocycles. The van der Waals surface area contributed by atoms with Gasteiger partial charge in [0, 0.05) is 4.47 Å². The number of halogens is 1. The maximum Gasteiger partial charge on any atom is 0.170 e. The van der Waals surface area contributed by atoms with Crippen molar-refractivity contribution in [2.75, 3.05) is 6.54 Å². The number of tetrazole rings is 1. The molecular weight excluding hydrogens is 270 g/mol. The second-order valence-electron chi connectivity index (χ2n) is 3.24. The van der Waals surface area contributed by atoms with Crippen LogP contribution in [0, 0.1) is 0 Å². The highest BCUT2D eigenvalue weighted by atomic mass is 79.9. The molecule has 2 aromatic rings. The number of aromatic nitrogens is 4. The first-order valence-corrected chi connectivity index (χ1v) is 5.85. The molecular formula is C10H12BrN5. The summed E-state index contributed by atoms with van der Waals surface area (Å²) in [5.41, 5.74) is 0.945. The van der Waals surface area contributed by atoms with Gasteiger partial charge in [0.15, 0.2) is 5.82 Å². The highest BCUT2D eigenvalue weighted by molar-refractivity contribution is 9.10. The molecule has 6 heteroatoms. The summed E-state index contributed by atoms with van der Waals surface area (Å²) in [7, 11) is 0. The minimum absolute atomic E-state index is 0.658. The Morgan fingerprint density at radius 2 is 2.19 bits per heavy atom. The van der Waals surface area contributed by atoms with Crippen LogP contribution in [0.2, 0.25) is 0 Å². The van der Waals surface area contributed by atoms with Crippen molar-refractivity contribution in [2.45, 2.75) is 13.5 Å². The van der Waals surface area contributed by atoms with Gasteiger partial charge in [-0.1, -0.05) is 19.1 Å². The van der Waals surface area contributed by atoms with E-state index < -0.39 is 0 Å². The third-order valence-corrected chi connectivity index (χ3v) is 2.82. The molecule has 1 heterocycles. The molecule has 5 nitrogen and oxygen atoms in total. The van der Waals surface area contributed by atoms with Gasteiger partial charge in [0.2, 0.25) is 0 Å². The monoisotopic (exact) mass is 281 g/mol. The predicted octanol–water partition coefficient (Wildman–Crippen LogP) is 1.53. The van der Waals surface area contributed by atoms with Crippen molar-refractivity contribution in [3.63, 3.8) is 0 Å². The van der Waals surface area contributed by atoms with Gasteiger partial charge in [0.05, 0.1) is 12.2 Å². The fourth-order valence-corrected chi connectivity index (χ4v) is 1.82. The molecule has 0 spiro atoms. The molecule has 1 aromatic heterocycles. The molecule has 0 amide bonds. The van der Waals surface area contributed by atoms with Gasteiger partial charge in [0.1, 0.15) is 0 Å². The van der Waals surface area contributed by atoms with Gasteiger partial charge in [-0.25, -0.2) is 0 Å². The first-order valence-electron chi connectivity index (χ1n) is 5.05. The van der Waals surface area contributed by atoms with Gasteiger partial charge in [-0.3, -0.25) is 0 Å². The van der Waals surface area contributed by atoms with Crippen LogP contribution in [0.15, 0.2) is 28.7 Å². The van der Waals surface area contributed by atoms with E-state index >= 15 is 0 Å². The minimum atomic E-state index is 0.658. The van der Waals surface area contributed by atoms with E-state index in [0.29, 0.717) is 6.54 Å². The van der Waals surface area contributed by atoms with Crippen LogP contribution < -0.4 is 5.32 Å². The van der Waals surface area contributed by atoms with Crippen molar-refractivity contribution in [1.29, 1.82) is 0 Å². The van der Waals surface area contributed by atoms with Crippen molar-refractivity contribution < 1.29 is 0 Å². The van der Waals surface area contributed by atoms with Crippen molar-refractivity contribution in [2.24, 2.45) is 0 Å². The molecule has 16 heavy (non-hydrogen) atoms. The average molecular weight is 282 g/mol. The number of para-hydroxylation sites is 1. The summed E-state index contributed by atoms with van der Waals surface area (Å²) in [6.45, 7) is 3.60. The zero-order valence-electron chi connectivity index (χ0n) is 8.89. The number of nitrogens with zero attached hydrogens (tertiary/aromatic N) is 4. The van der Waals surface area contributed by atoms with Crippen LogP contribution >= 0.6 is 15.9 Å². The fourth-order valence-electron chi connectivity index (χ4n) is 1.36. The summed E-state index contributed by atoms with van der Waals surface area (Å²) in [4.78, 5) is 0. The summed E-state index contributed by atoms with van der Waals surface area (Å²) in [6, 6.07) is 7.85. The number of benzene rings is 1. The van der Waals surface area contributed by atoms with E-state index in [0.717, 1.165) is 22.5 Å². The van der Waals surface area contributed by atoms with E-state index in [1.807, 2.05) is 31.2 Å². The van der Waals surface area contributed by atoms with Crippen LogP contribution in [0.25, 0.3) is 5.69 Å². The van der Waals surface area contributed by atoms with E-state index in [1.54, 1.807) is 4.68 Å². The van der Waals surface area contributed by atoms with E-state index in [2.05, 4.69) is 36.8 Å². The lowest BCUT2D eigenvalue weighted by molar-refractivity contribution is 0.663. The Hall–Kier alpha value is -1.27. The molecule has 0 saturated carbocycles. The predicted molar refractivity (Wildman–Crippen MR) is 64.2 cm³/mol. The highest BCUT2D eigenvalue weighted by Crippen LogP contribution is 2.19. The zero-order chi connectivity index (χ0) is 11.4. The van der Waals surface area contributed by atoms with Gasteiger partial charge in [0.25, 0.3) is 0 Å². The van der Waals surface area contributed by atoms with E-state index in [9.17, 15) is 0 Å². The van der Waals surface area contributed by atoms with Crippen LogP contribution in [0.3, 0.4) is 0 Å². The van der Waals surface area contributed by atoms with Crippen LogP contribution in [-0.2, 0) is 6.54 Å². The molecule has 0 fully saturated rings. The molecule has 0 bridgehead atoms. The maximum atomic E-state index is 3.99. The molecule has 0 unspecified atom stereocenters. The van der Waals surface area contributed by atoms with Gasteiger partial charge >= 0.3 is 0 Å². The lowest BCUT2D eigenvalue weighted by Crippen LogP contribution is -2.16. The summed E-state index contributed by atoms with van der Waals surface area (Å²) in [6.07, 6.45) is 0. The Labute approximate surface area is 102 Å². The SMILES string of the molecule is CCNCc1nnnn1-c1ccccc1Br. The Bertz CT molecular complexity index is 468. The van der Waals surface area contributed by atoms with Crippen molar-refractivity contribution >= 4 is 15.9 Å². The summed E-state index contributed by atoms with van der Waals surface area (Å²) < 4.78 is 2.70. The van der Waals surface area contributed by atoms with Crippen LogP contribution in [0.5, 0.6) is 0 Å². The minimum Gasteiger partial charge on any atom is -0.310 e. The molecule has 2 rings (SSSR count). The summed E-state index contributed by atoms with van der Waals surface area (Å²) in [5, 5.41) is 14.9. The summed E-state index contributed by atoms with van der Waals surface area (Å²) in [5.74, 6) is 0.800. The number of rotatable bonds is 4. The quantitative estimate of drug-likeness (QED) is 0.924. The number of nitrogens with one attached hydrogen (secondary N) is 1. The van der Waals surface area contributed by atoms with Gasteiger partial charge in [-0.2, -0.15) is 4.68 Å². The fraction of sp³-hybridized carbons (Fsp3) is 0.300. The third-order valence-electron chi connectivity index (χ3n) is 2.15. The average Bonchev–Trinajstić information content (AvgIpc) is 2.75. The van der Waals surface area contributed by atoms with E-state index in [-0.39, 0.29) is 0 Å². The smallest absolute Gasteiger partial charge is 0.170 e. The topological polar surface area (TPSA) is 55.6 Å². The molecule has 0 saturated heterocycles. The number of hydrogen-bond donors (Lipinski definition) is 1. The first-order chi connectivity index (χ1) is 7.83. The maximum absolute atomic E-state index is 3.99. The van der Waals surface area contributed by atoms with Crippen LogP contribution in [0.4, 0.5) is 0 Å². The lowest BCUT2D eigenvalue weighted by atomic mass is 10.3. The number of hydrogen-bond acceptors (Lipinski definition) is 4. The largest absolute Gasteiger partial charge is 0.310 e. The van der Waals surface area contributed by atoms with E-state index in [1.165, 1.54) is 0 Å². The van der Waals surface area contributed by atoms with Gasteiger partial charge in [-0.05, 0) is 45.0 Å². The molecule has 0 radical (unpaired) electrons. The van der Waals surface area contributed by atoms with E-state index in [4.69, 9.17) is 0 Å². The second-order valence-corrected chi connectivity index (χ2v) is 4.09. The second kappa shape index (κ2) is 5.18. The van der Waals surface area contributed by atoms with Crippen molar-refractivity contribution in [3.8, 4) is 5.69 Å². The molecule has 1 aromatic carbocycles. The Balaban J connectivity index is 2.33. The third kappa shape index (κ3) is 2.28. The molecule has 0 atom stereocenters.